The van der Waals surface area contributed by atoms with Crippen molar-refractivity contribution < 1.29 is 27.8 Å². The van der Waals surface area contributed by atoms with E-state index in [4.69, 9.17) is 10.2 Å². The number of aliphatic hydroxyl groups is 2. The van der Waals surface area contributed by atoms with Crippen LogP contribution in [-0.4, -0.2) is 108 Å². The molecule has 0 unspecified atom stereocenters. The number of hydrogen-bond acceptors (Lipinski definition) is 12. The first-order valence-electron chi connectivity index (χ1n) is 20.0. The van der Waals surface area contributed by atoms with Crippen LogP contribution in [-0.2, 0) is 0 Å². The summed E-state index contributed by atoms with van der Waals surface area (Å²) in [6.45, 7) is 4.38. The van der Waals surface area contributed by atoms with E-state index >= 15 is 0 Å². The number of halogens is 5. The molecular formula is C44H41BrF4N12O2. The highest BCUT2D eigenvalue weighted by Gasteiger charge is 2.26. The van der Waals surface area contributed by atoms with Crippen molar-refractivity contribution in [1.29, 1.82) is 0 Å². The van der Waals surface area contributed by atoms with E-state index in [9.17, 15) is 17.6 Å². The highest BCUT2D eigenvalue weighted by molar-refractivity contribution is 9.09. The molecule has 0 radical (unpaired) electrons. The fourth-order valence-corrected chi connectivity index (χ4v) is 7.40. The van der Waals surface area contributed by atoms with Gasteiger partial charge in [0.2, 0.25) is 0 Å². The second kappa shape index (κ2) is 19.8. The maximum atomic E-state index is 14.4. The highest BCUT2D eigenvalue weighted by atomic mass is 79.9. The number of pyridine rings is 2. The Morgan fingerprint density at radius 3 is 1.60 bits per heavy atom. The number of fused-ring (bicyclic) bond motifs is 6. The molecule has 0 saturated heterocycles. The van der Waals surface area contributed by atoms with Crippen molar-refractivity contribution in [2.75, 3.05) is 61.9 Å². The number of β-amino-alcohol motifs (C(OH)–C–C–N with tert-alkyl or cyclic N) is 1. The molecule has 2 aromatic carbocycles. The third-order valence-electron chi connectivity index (χ3n) is 10.5. The number of aromatic amines is 2. The average molecular weight is 926 g/mol. The Bertz CT molecular complexity index is 2710. The molecule has 0 saturated carbocycles. The van der Waals surface area contributed by atoms with Gasteiger partial charge in [-0.05, 0) is 78.1 Å². The van der Waals surface area contributed by atoms with E-state index in [1.165, 1.54) is 42.0 Å². The third kappa shape index (κ3) is 9.52. The second-order valence-electron chi connectivity index (χ2n) is 14.5. The van der Waals surface area contributed by atoms with E-state index in [0.717, 1.165) is 61.3 Å². The fourth-order valence-electron chi connectivity index (χ4n) is 7.40. The number of nitrogens with zero attached hydrogens (tertiary/aromatic N) is 7. The van der Waals surface area contributed by atoms with Gasteiger partial charge in [-0.15, -0.1) is 0 Å². The van der Waals surface area contributed by atoms with Crippen LogP contribution in [0.3, 0.4) is 0 Å². The minimum atomic E-state index is -0.712. The molecule has 19 heteroatoms. The van der Waals surface area contributed by atoms with Gasteiger partial charge < -0.3 is 26.2 Å². The number of nitrogens with one attached hydrogen (secondary N) is 5. The summed E-state index contributed by atoms with van der Waals surface area (Å²) < 4.78 is 57.5. The van der Waals surface area contributed by atoms with Gasteiger partial charge in [-0.2, -0.15) is 10.2 Å². The molecule has 0 atom stereocenters. The highest BCUT2D eigenvalue weighted by Crippen LogP contribution is 2.40. The van der Waals surface area contributed by atoms with Gasteiger partial charge in [-0.1, -0.05) is 40.2 Å². The van der Waals surface area contributed by atoms with Gasteiger partial charge in [0.25, 0.3) is 0 Å². The lowest BCUT2D eigenvalue weighted by molar-refractivity contribution is 0.208. The lowest BCUT2D eigenvalue weighted by Crippen LogP contribution is -2.31. The average Bonchev–Trinajstić information content (AvgIpc) is 3.90. The Morgan fingerprint density at radius 1 is 0.667 bits per heavy atom. The van der Waals surface area contributed by atoms with Crippen molar-refractivity contribution >= 4 is 61.8 Å². The van der Waals surface area contributed by atoms with Crippen LogP contribution in [0.25, 0.3) is 33.7 Å². The predicted octanol–water partition coefficient (Wildman–Crippen LogP) is 7.34. The van der Waals surface area contributed by atoms with E-state index < -0.39 is 23.3 Å². The molecule has 324 valence electrons. The zero-order chi connectivity index (χ0) is 43.9. The molecule has 0 aliphatic carbocycles. The molecule has 8 heterocycles. The topological polar surface area (TPSA) is 188 Å². The van der Waals surface area contributed by atoms with Gasteiger partial charge in [-0.3, -0.25) is 15.1 Å². The summed E-state index contributed by atoms with van der Waals surface area (Å²) in [5.74, 6) is -2.02. The molecule has 4 aromatic heterocycles. The van der Waals surface area contributed by atoms with Crippen molar-refractivity contribution in [3.05, 3.63) is 131 Å². The van der Waals surface area contributed by atoms with Gasteiger partial charge in [0, 0.05) is 55.0 Å². The molecule has 6 aromatic rings. The molecule has 0 spiro atoms. The zero-order valence-electron chi connectivity index (χ0n) is 33.6. The minimum absolute atomic E-state index is 0.0359. The number of H-pyrrole nitrogens is 2. The van der Waals surface area contributed by atoms with E-state index in [1.54, 1.807) is 24.8 Å². The van der Waals surface area contributed by atoms with Crippen LogP contribution in [0.2, 0.25) is 0 Å². The van der Waals surface area contributed by atoms with Crippen molar-refractivity contribution in [2.24, 2.45) is 9.98 Å². The zero-order valence-corrected chi connectivity index (χ0v) is 35.2. The number of rotatable bonds is 7. The van der Waals surface area contributed by atoms with Crippen LogP contribution in [0.5, 0.6) is 0 Å². The van der Waals surface area contributed by atoms with Crippen LogP contribution >= 0.6 is 15.9 Å². The monoisotopic (exact) mass is 924 g/mol. The smallest absolute Gasteiger partial charge is 0.163 e. The Labute approximate surface area is 367 Å². The van der Waals surface area contributed by atoms with Crippen molar-refractivity contribution in [1.82, 2.24) is 40.6 Å². The molecule has 0 fully saturated rings. The summed E-state index contributed by atoms with van der Waals surface area (Å²) in [6.07, 6.45) is 12.6. The number of alkyl halides is 1. The number of aliphatic hydroxyl groups excluding tert-OH is 2. The standard InChI is InChI=1S/C22H20F2N6O.C20H16F2N6.C2H5BrO/c23-16-2-1-3-17(24)19(16)22-27-18-12-26-29-20(18)15-10-14(11-25-21(15)28-22)13-4-6-30(7-5-13)8-9-31;21-14-2-1-3-15(22)17(14)20-26-16-10-25-28-18(16)13-8-12(9-24-19(13)27-20)11-4-6-23-7-5-11;3-1-2-4/h1-4,10-12,31H,5-9H2,(H,26,29)(H,25,27,28);1-4,8-10,23H,5-7H2,(H,25,28)(H,24,26,27);4H,1-2H2. The molecule has 10 rings (SSSR count). The number of aromatic nitrogens is 6. The Balaban J connectivity index is 0.000000160. The number of amidine groups is 2. The van der Waals surface area contributed by atoms with E-state index in [-0.39, 0.29) is 36.0 Å². The summed E-state index contributed by atoms with van der Waals surface area (Å²) in [5.41, 5.74) is 7.74. The largest absolute Gasteiger partial charge is 0.396 e. The number of aliphatic imine (C=N–C) groups is 2. The number of benzene rings is 2. The normalized spacial score (nSPS) is 15.3. The van der Waals surface area contributed by atoms with Crippen LogP contribution in [0.15, 0.2) is 95.5 Å². The first kappa shape index (κ1) is 43.3. The lowest BCUT2D eigenvalue weighted by Gasteiger charge is -2.25. The van der Waals surface area contributed by atoms with Gasteiger partial charge in [0.05, 0.1) is 59.5 Å². The maximum Gasteiger partial charge on any atom is 0.163 e. The van der Waals surface area contributed by atoms with Gasteiger partial charge >= 0.3 is 0 Å². The summed E-state index contributed by atoms with van der Waals surface area (Å²) in [4.78, 5) is 20.1. The quantitative estimate of drug-likeness (QED) is 0.0631. The Morgan fingerprint density at radius 2 is 1.17 bits per heavy atom. The molecule has 63 heavy (non-hydrogen) atoms. The first-order valence-corrected chi connectivity index (χ1v) is 21.2. The molecular weight excluding hydrogens is 884 g/mol. The van der Waals surface area contributed by atoms with Gasteiger partial charge in [0.1, 0.15) is 34.9 Å². The lowest BCUT2D eigenvalue weighted by atomic mass is 9.98. The van der Waals surface area contributed by atoms with Crippen molar-refractivity contribution in [3.8, 4) is 22.5 Å². The second-order valence-corrected chi connectivity index (χ2v) is 15.3. The van der Waals surface area contributed by atoms with Gasteiger partial charge in [0.15, 0.2) is 11.6 Å². The van der Waals surface area contributed by atoms with E-state index in [1.807, 2.05) is 12.1 Å². The number of hydrogen-bond donors (Lipinski definition) is 7. The van der Waals surface area contributed by atoms with Crippen LogP contribution in [0, 0.1) is 23.3 Å². The maximum absolute atomic E-state index is 14.4. The summed E-state index contributed by atoms with van der Waals surface area (Å²) >= 11 is 3.00. The van der Waals surface area contributed by atoms with Crippen LogP contribution < -0.4 is 16.0 Å². The minimum Gasteiger partial charge on any atom is -0.396 e. The molecule has 4 aliphatic rings. The van der Waals surface area contributed by atoms with E-state index in [2.05, 4.69) is 89.3 Å². The van der Waals surface area contributed by atoms with Crippen molar-refractivity contribution in [3.63, 3.8) is 0 Å². The van der Waals surface area contributed by atoms with E-state index in [0.29, 0.717) is 51.8 Å². The summed E-state index contributed by atoms with van der Waals surface area (Å²) in [6, 6.07) is 11.4. The van der Waals surface area contributed by atoms with Crippen molar-refractivity contribution in [2.45, 2.75) is 12.8 Å². The number of anilines is 2. The first-order chi connectivity index (χ1) is 30.8. The fraction of sp³-hybridized carbons (Fsp3) is 0.227. The molecule has 14 nitrogen and oxygen atoms in total. The molecule has 0 amide bonds. The Hall–Kier alpha value is -6.38. The summed E-state index contributed by atoms with van der Waals surface area (Å²) in [5, 5.41) is 41.0. The molecule has 4 aliphatic heterocycles. The van der Waals surface area contributed by atoms with Crippen LogP contribution in [0.4, 0.5) is 40.6 Å². The Kier molecular flexibility index (Phi) is 13.6. The molecule has 0 bridgehead atoms. The third-order valence-corrected chi connectivity index (χ3v) is 10.8. The van der Waals surface area contributed by atoms with Gasteiger partial charge in [-0.25, -0.2) is 37.5 Å². The molecule has 7 N–H and O–H groups in total. The van der Waals surface area contributed by atoms with Crippen LogP contribution in [0.1, 0.15) is 35.1 Å². The summed E-state index contributed by atoms with van der Waals surface area (Å²) in [7, 11) is 0. The SMILES string of the molecule is Fc1cccc(F)c1C1=Nc2ncc(C3=CCNCC3)cc2-c2[nH]ncc2N1.OCCBr.OCCN1CC=C(c2cnc3c(c2)-c2[nH]ncc2NC(c2c(F)cccc2F)=N3)CC1. The predicted molar refractivity (Wildman–Crippen MR) is 238 cm³/mol.